The number of urea groups is 1. The fourth-order valence-corrected chi connectivity index (χ4v) is 4.05. The van der Waals surface area contributed by atoms with Crippen LogP contribution in [0.25, 0.3) is 6.08 Å². The van der Waals surface area contributed by atoms with Crippen molar-refractivity contribution in [3.63, 3.8) is 0 Å². The Morgan fingerprint density at radius 3 is 2.19 bits per heavy atom. The molecule has 0 aromatic heterocycles. The van der Waals surface area contributed by atoms with Gasteiger partial charge in [0, 0.05) is 12.6 Å². The van der Waals surface area contributed by atoms with E-state index in [2.05, 4.69) is 21.2 Å². The number of hydrogen-bond acceptors (Lipinski definition) is 7. The Hall–Kier alpha value is -3.51. The second kappa shape index (κ2) is 8.70. The van der Waals surface area contributed by atoms with Crippen molar-refractivity contribution in [2.24, 2.45) is 0 Å². The Balaban J connectivity index is 1.81. The van der Waals surface area contributed by atoms with E-state index in [0.717, 1.165) is 0 Å². The second-order valence-electron chi connectivity index (χ2n) is 6.23. The predicted molar refractivity (Wildman–Crippen MR) is 112 cm³/mol. The van der Waals surface area contributed by atoms with Crippen LogP contribution in [0.5, 0.6) is 5.75 Å². The number of halogens is 1. The number of carbonyl (C=O) groups excluding carboxylic acids is 4. The van der Waals surface area contributed by atoms with Crippen molar-refractivity contribution in [3.8, 4) is 5.75 Å². The molecule has 10 nitrogen and oxygen atoms in total. The summed E-state index contributed by atoms with van der Waals surface area (Å²) in [7, 11) is -4.17. The van der Waals surface area contributed by atoms with Crippen LogP contribution in [0.1, 0.15) is 12.5 Å². The van der Waals surface area contributed by atoms with Crippen molar-refractivity contribution in [1.82, 2.24) is 10.6 Å². The average Bonchev–Trinajstić information content (AvgIpc) is 2.66. The zero-order valence-corrected chi connectivity index (χ0v) is 18.2. The SMILES string of the molecule is CC(=O)Nc1ccc(S(=O)(=O)Oc2ccc(C=C3C(=O)NC(=O)NC3=O)cc2Br)cc1. The molecule has 3 rings (SSSR count). The van der Waals surface area contributed by atoms with Crippen LogP contribution in [0.3, 0.4) is 0 Å². The summed E-state index contributed by atoms with van der Waals surface area (Å²) in [6.07, 6.45) is 1.24. The van der Waals surface area contributed by atoms with Gasteiger partial charge in [-0.1, -0.05) is 6.07 Å². The van der Waals surface area contributed by atoms with E-state index in [-0.39, 0.29) is 26.6 Å². The largest absolute Gasteiger partial charge is 0.378 e. The Labute approximate surface area is 184 Å². The van der Waals surface area contributed by atoms with Crippen LogP contribution in [0, 0.1) is 0 Å². The molecule has 2 aromatic rings. The molecule has 31 heavy (non-hydrogen) atoms. The maximum Gasteiger partial charge on any atom is 0.339 e. The van der Waals surface area contributed by atoms with Gasteiger partial charge in [-0.15, -0.1) is 0 Å². The van der Waals surface area contributed by atoms with Gasteiger partial charge in [-0.05, 0) is 64.0 Å². The first-order valence-corrected chi connectivity index (χ1v) is 10.8. The normalized spacial score (nSPS) is 13.9. The van der Waals surface area contributed by atoms with E-state index in [0.29, 0.717) is 11.3 Å². The molecule has 0 spiro atoms. The summed E-state index contributed by atoms with van der Waals surface area (Å²) in [4.78, 5) is 45.6. The summed E-state index contributed by atoms with van der Waals surface area (Å²) < 4.78 is 30.5. The van der Waals surface area contributed by atoms with Crippen LogP contribution >= 0.6 is 15.9 Å². The Bertz CT molecular complexity index is 1220. The van der Waals surface area contributed by atoms with Gasteiger partial charge in [-0.3, -0.25) is 25.0 Å². The zero-order valence-electron chi connectivity index (χ0n) is 15.8. The summed E-state index contributed by atoms with van der Waals surface area (Å²) in [5.41, 5.74) is 0.528. The highest BCUT2D eigenvalue weighted by atomic mass is 79.9. The monoisotopic (exact) mass is 507 g/mol. The van der Waals surface area contributed by atoms with Gasteiger partial charge in [0.05, 0.1) is 4.47 Å². The van der Waals surface area contributed by atoms with Crippen molar-refractivity contribution < 1.29 is 31.8 Å². The molecule has 1 fully saturated rings. The molecule has 1 aliphatic rings. The van der Waals surface area contributed by atoms with E-state index in [1.165, 1.54) is 55.5 Å². The third-order valence-electron chi connectivity index (χ3n) is 3.87. The number of imide groups is 2. The van der Waals surface area contributed by atoms with E-state index < -0.39 is 28.0 Å². The first-order chi connectivity index (χ1) is 14.5. The van der Waals surface area contributed by atoms with Gasteiger partial charge in [-0.2, -0.15) is 8.42 Å². The quantitative estimate of drug-likeness (QED) is 0.318. The summed E-state index contributed by atoms with van der Waals surface area (Å²) in [6, 6.07) is 8.72. The van der Waals surface area contributed by atoms with Gasteiger partial charge in [0.1, 0.15) is 10.5 Å². The smallest absolute Gasteiger partial charge is 0.339 e. The molecule has 0 bridgehead atoms. The molecular weight excluding hydrogens is 494 g/mol. The molecule has 0 aliphatic carbocycles. The molecule has 2 aromatic carbocycles. The Kier molecular flexibility index (Phi) is 6.22. The molecule has 0 unspecified atom stereocenters. The predicted octanol–water partition coefficient (Wildman–Crippen LogP) is 1.92. The summed E-state index contributed by atoms with van der Waals surface area (Å²) >= 11 is 3.19. The Morgan fingerprint density at radius 1 is 1.03 bits per heavy atom. The van der Waals surface area contributed by atoms with Crippen molar-refractivity contribution in [3.05, 3.63) is 58.1 Å². The highest BCUT2D eigenvalue weighted by Crippen LogP contribution is 2.30. The van der Waals surface area contributed by atoms with E-state index in [1.807, 2.05) is 10.6 Å². The lowest BCUT2D eigenvalue weighted by atomic mass is 10.1. The number of barbiturate groups is 1. The molecule has 0 atom stereocenters. The molecule has 160 valence electrons. The fourth-order valence-electron chi connectivity index (χ4n) is 2.52. The summed E-state index contributed by atoms with van der Waals surface area (Å²) in [5.74, 6) is -2.02. The minimum absolute atomic E-state index is 0.0270. The van der Waals surface area contributed by atoms with Crippen LogP contribution in [-0.2, 0) is 24.5 Å². The average molecular weight is 508 g/mol. The third kappa shape index (κ3) is 5.35. The number of benzene rings is 2. The number of rotatable bonds is 5. The van der Waals surface area contributed by atoms with Crippen LogP contribution in [-0.4, -0.2) is 32.2 Å². The summed E-state index contributed by atoms with van der Waals surface area (Å²) in [6.45, 7) is 1.33. The molecule has 12 heteroatoms. The molecule has 5 amide bonds. The lowest BCUT2D eigenvalue weighted by Crippen LogP contribution is -2.51. The maximum absolute atomic E-state index is 12.5. The zero-order chi connectivity index (χ0) is 22.8. The van der Waals surface area contributed by atoms with Crippen LogP contribution < -0.4 is 20.1 Å². The number of amides is 5. The van der Waals surface area contributed by atoms with Crippen molar-refractivity contribution in [2.45, 2.75) is 11.8 Å². The van der Waals surface area contributed by atoms with Gasteiger partial charge < -0.3 is 9.50 Å². The lowest BCUT2D eigenvalue weighted by Gasteiger charge is -2.14. The van der Waals surface area contributed by atoms with E-state index in [4.69, 9.17) is 4.18 Å². The molecule has 0 saturated carbocycles. The van der Waals surface area contributed by atoms with E-state index in [9.17, 15) is 27.6 Å². The Morgan fingerprint density at radius 2 is 1.65 bits per heavy atom. The van der Waals surface area contributed by atoms with Crippen LogP contribution in [0.2, 0.25) is 0 Å². The number of nitrogens with one attached hydrogen (secondary N) is 3. The molecule has 1 saturated heterocycles. The molecule has 1 aliphatic heterocycles. The third-order valence-corrected chi connectivity index (χ3v) is 5.74. The first kappa shape index (κ1) is 22.2. The maximum atomic E-state index is 12.5. The van der Waals surface area contributed by atoms with E-state index in [1.54, 1.807) is 0 Å². The standard InChI is InChI=1S/C19H14BrN3O7S/c1-10(24)21-12-3-5-13(6-4-12)31(28,29)30-16-7-2-11(9-15(16)20)8-14-17(25)22-19(27)23-18(14)26/h2-9H,1H3,(H,21,24)(H2,22,23,25,26,27). The van der Waals surface area contributed by atoms with Crippen molar-refractivity contribution in [2.75, 3.05) is 5.32 Å². The second-order valence-corrected chi connectivity index (χ2v) is 8.63. The first-order valence-electron chi connectivity index (χ1n) is 8.55. The molecular formula is C19H14BrN3O7S. The van der Waals surface area contributed by atoms with E-state index >= 15 is 0 Å². The van der Waals surface area contributed by atoms with Crippen LogP contribution in [0.15, 0.2) is 57.4 Å². The van der Waals surface area contributed by atoms with Crippen molar-refractivity contribution >= 4 is 61.6 Å². The molecule has 1 heterocycles. The van der Waals surface area contributed by atoms with Crippen LogP contribution in [0.4, 0.5) is 10.5 Å². The molecule has 0 radical (unpaired) electrons. The van der Waals surface area contributed by atoms with Gasteiger partial charge >= 0.3 is 16.1 Å². The number of hydrogen-bond donors (Lipinski definition) is 3. The fraction of sp³-hybridized carbons (Fsp3) is 0.0526. The number of carbonyl (C=O) groups is 4. The minimum atomic E-state index is -4.17. The number of anilines is 1. The lowest BCUT2D eigenvalue weighted by molar-refractivity contribution is -0.124. The van der Waals surface area contributed by atoms with Crippen molar-refractivity contribution in [1.29, 1.82) is 0 Å². The highest BCUT2D eigenvalue weighted by molar-refractivity contribution is 9.10. The van der Waals surface area contributed by atoms with Gasteiger partial charge in [-0.25, -0.2) is 4.79 Å². The topological polar surface area (TPSA) is 148 Å². The highest BCUT2D eigenvalue weighted by Gasteiger charge is 2.27. The summed E-state index contributed by atoms with van der Waals surface area (Å²) in [5, 5.41) is 6.43. The minimum Gasteiger partial charge on any atom is -0.378 e. The van der Waals surface area contributed by atoms with Gasteiger partial charge in [0.15, 0.2) is 5.75 Å². The van der Waals surface area contributed by atoms with Gasteiger partial charge in [0.25, 0.3) is 11.8 Å². The molecule has 3 N–H and O–H groups in total. The van der Waals surface area contributed by atoms with Gasteiger partial charge in [0.2, 0.25) is 5.91 Å².